The maximum atomic E-state index is 13.5. The van der Waals surface area contributed by atoms with Crippen LogP contribution in [0.25, 0.3) is 5.69 Å². The zero-order valence-electron chi connectivity index (χ0n) is 21.0. The summed E-state index contributed by atoms with van der Waals surface area (Å²) in [6.07, 6.45) is 5.01. The summed E-state index contributed by atoms with van der Waals surface area (Å²) < 4.78 is 7.36. The topological polar surface area (TPSA) is 118 Å². The molecule has 1 aromatic heterocycles. The molecule has 37 heavy (non-hydrogen) atoms. The summed E-state index contributed by atoms with van der Waals surface area (Å²) in [6, 6.07) is 12.7. The van der Waals surface area contributed by atoms with Gasteiger partial charge >= 0.3 is 0 Å². The van der Waals surface area contributed by atoms with Crippen molar-refractivity contribution >= 4 is 23.3 Å². The Morgan fingerprint density at radius 3 is 2.76 bits per heavy atom. The molecular formula is C27H32ClN5O4. The summed E-state index contributed by atoms with van der Waals surface area (Å²) in [5.41, 5.74) is 0.576. The standard InChI is InChI=1S/C27H32ClN5O4/c1-27(2,20-5-3-4-6-23(20)37-16-13-29-12-15-34)32-24-26(36)33(14-11-30-24)22-17-18(7-10-21(22)28)25(35)31-19-8-9-19/h3-7,10-11,14,17,19,29,34H,8-9,12-13,15-16H2,1-2H3,(H,30,32)(H,31,35). The number of para-hydroxylation sites is 1. The Hall–Kier alpha value is -3.40. The molecule has 2 aromatic carbocycles. The quantitative estimate of drug-likeness (QED) is 0.268. The van der Waals surface area contributed by atoms with E-state index in [-0.39, 0.29) is 24.4 Å². The molecule has 1 amide bonds. The van der Waals surface area contributed by atoms with Gasteiger partial charge in [-0.05, 0) is 51.0 Å². The fraction of sp³-hybridized carbons (Fsp3) is 0.370. The van der Waals surface area contributed by atoms with Gasteiger partial charge in [-0.3, -0.25) is 14.2 Å². The third-order valence-electron chi connectivity index (χ3n) is 6.04. The predicted octanol–water partition coefficient (Wildman–Crippen LogP) is 3.09. The van der Waals surface area contributed by atoms with Gasteiger partial charge in [-0.15, -0.1) is 0 Å². The second-order valence-corrected chi connectivity index (χ2v) is 9.84. The number of nitrogens with one attached hydrogen (secondary N) is 3. The van der Waals surface area contributed by atoms with Crippen LogP contribution < -0.4 is 26.2 Å². The number of benzene rings is 2. The number of anilines is 1. The van der Waals surface area contributed by atoms with Crippen LogP contribution in [-0.4, -0.2) is 52.9 Å². The minimum Gasteiger partial charge on any atom is -0.492 e. The fourth-order valence-corrected chi connectivity index (χ4v) is 4.14. The molecule has 9 nitrogen and oxygen atoms in total. The summed E-state index contributed by atoms with van der Waals surface area (Å²) >= 11 is 6.44. The molecule has 0 atom stereocenters. The highest BCUT2D eigenvalue weighted by Gasteiger charge is 2.27. The van der Waals surface area contributed by atoms with Crippen LogP contribution >= 0.6 is 11.6 Å². The lowest BCUT2D eigenvalue weighted by atomic mass is 9.93. The van der Waals surface area contributed by atoms with E-state index in [1.54, 1.807) is 18.2 Å². The first-order valence-electron chi connectivity index (χ1n) is 12.3. The molecule has 0 aliphatic heterocycles. The van der Waals surface area contributed by atoms with Crippen molar-refractivity contribution in [2.45, 2.75) is 38.3 Å². The molecule has 0 unspecified atom stereocenters. The zero-order chi connectivity index (χ0) is 26.4. The van der Waals surface area contributed by atoms with Gasteiger partial charge in [0, 0.05) is 42.7 Å². The Labute approximate surface area is 220 Å². The van der Waals surface area contributed by atoms with Crippen LogP contribution in [0.1, 0.15) is 42.6 Å². The lowest BCUT2D eigenvalue weighted by Gasteiger charge is -2.29. The highest BCUT2D eigenvalue weighted by molar-refractivity contribution is 6.32. The van der Waals surface area contributed by atoms with Crippen LogP contribution in [-0.2, 0) is 5.54 Å². The Kier molecular flexibility index (Phi) is 8.48. The van der Waals surface area contributed by atoms with Gasteiger partial charge in [-0.25, -0.2) is 4.98 Å². The number of hydrogen-bond donors (Lipinski definition) is 4. The zero-order valence-corrected chi connectivity index (χ0v) is 21.7. The summed E-state index contributed by atoms with van der Waals surface area (Å²) in [7, 11) is 0. The van der Waals surface area contributed by atoms with Gasteiger partial charge in [-0.1, -0.05) is 29.8 Å². The molecule has 4 rings (SSSR count). The van der Waals surface area contributed by atoms with E-state index < -0.39 is 11.1 Å². The van der Waals surface area contributed by atoms with Crippen molar-refractivity contribution in [1.82, 2.24) is 20.2 Å². The molecule has 4 N–H and O–H groups in total. The van der Waals surface area contributed by atoms with Crippen LogP contribution in [0, 0.1) is 0 Å². The number of hydrogen-bond acceptors (Lipinski definition) is 7. The number of nitrogens with zero attached hydrogens (tertiary/aromatic N) is 2. The summed E-state index contributed by atoms with van der Waals surface area (Å²) in [4.78, 5) is 30.3. The lowest BCUT2D eigenvalue weighted by Crippen LogP contribution is -2.34. The van der Waals surface area contributed by atoms with Gasteiger partial charge in [0.1, 0.15) is 12.4 Å². The molecule has 1 heterocycles. The Morgan fingerprint density at radius 1 is 1.22 bits per heavy atom. The van der Waals surface area contributed by atoms with Crippen LogP contribution in [0.4, 0.5) is 5.82 Å². The molecule has 1 saturated carbocycles. The van der Waals surface area contributed by atoms with E-state index in [4.69, 9.17) is 21.4 Å². The smallest absolute Gasteiger partial charge is 0.297 e. The molecule has 0 spiro atoms. The van der Waals surface area contributed by atoms with Crippen molar-refractivity contribution in [1.29, 1.82) is 0 Å². The maximum absolute atomic E-state index is 13.5. The second-order valence-electron chi connectivity index (χ2n) is 9.43. The predicted molar refractivity (Wildman–Crippen MR) is 144 cm³/mol. The highest BCUT2D eigenvalue weighted by atomic mass is 35.5. The average Bonchev–Trinajstić information content (AvgIpc) is 3.70. The number of aliphatic hydroxyl groups is 1. The minimum absolute atomic E-state index is 0.0678. The van der Waals surface area contributed by atoms with Crippen molar-refractivity contribution in [2.75, 3.05) is 31.6 Å². The first-order valence-corrected chi connectivity index (χ1v) is 12.7. The first kappa shape index (κ1) is 26.7. The van der Waals surface area contributed by atoms with Gasteiger partial charge in [-0.2, -0.15) is 0 Å². The van der Waals surface area contributed by atoms with Gasteiger partial charge in [0.2, 0.25) is 0 Å². The first-order chi connectivity index (χ1) is 17.8. The molecule has 0 saturated heterocycles. The molecule has 1 aliphatic rings. The van der Waals surface area contributed by atoms with Crippen LogP contribution in [0.5, 0.6) is 5.75 Å². The van der Waals surface area contributed by atoms with Crippen molar-refractivity contribution in [3.8, 4) is 11.4 Å². The largest absolute Gasteiger partial charge is 0.492 e. The van der Waals surface area contributed by atoms with Gasteiger partial charge in [0.15, 0.2) is 5.82 Å². The maximum Gasteiger partial charge on any atom is 0.297 e. The van der Waals surface area contributed by atoms with Gasteiger partial charge < -0.3 is 25.8 Å². The van der Waals surface area contributed by atoms with Crippen LogP contribution in [0.2, 0.25) is 5.02 Å². The third kappa shape index (κ3) is 6.68. The van der Waals surface area contributed by atoms with Crippen molar-refractivity contribution in [3.63, 3.8) is 0 Å². The third-order valence-corrected chi connectivity index (χ3v) is 6.36. The van der Waals surface area contributed by atoms with Gasteiger partial charge in [0.25, 0.3) is 11.5 Å². The Morgan fingerprint density at radius 2 is 2.00 bits per heavy atom. The number of ether oxygens (including phenoxy) is 1. The van der Waals surface area contributed by atoms with E-state index in [1.807, 2.05) is 38.1 Å². The van der Waals surface area contributed by atoms with Crippen LogP contribution in [0.15, 0.2) is 59.7 Å². The summed E-state index contributed by atoms with van der Waals surface area (Å²) in [5.74, 6) is 0.625. The summed E-state index contributed by atoms with van der Waals surface area (Å²) in [5, 5.41) is 18.5. The van der Waals surface area contributed by atoms with Crippen molar-refractivity contribution in [3.05, 3.63) is 81.4 Å². The van der Waals surface area contributed by atoms with E-state index in [2.05, 4.69) is 20.9 Å². The molecule has 3 aromatic rings. The molecule has 1 fully saturated rings. The number of rotatable bonds is 12. The normalized spacial score (nSPS) is 13.3. The number of carbonyl (C=O) groups excluding carboxylic acids is 1. The number of aliphatic hydroxyl groups excluding tert-OH is 1. The lowest BCUT2D eigenvalue weighted by molar-refractivity contribution is 0.0951. The molecule has 1 aliphatic carbocycles. The monoisotopic (exact) mass is 525 g/mol. The fourth-order valence-electron chi connectivity index (χ4n) is 3.93. The molecule has 196 valence electrons. The van der Waals surface area contributed by atoms with Crippen molar-refractivity contribution in [2.24, 2.45) is 0 Å². The Balaban J connectivity index is 1.57. The van der Waals surface area contributed by atoms with Crippen molar-refractivity contribution < 1.29 is 14.6 Å². The summed E-state index contributed by atoms with van der Waals surface area (Å²) in [6.45, 7) is 5.46. The van der Waals surface area contributed by atoms with E-state index in [0.717, 1.165) is 18.4 Å². The van der Waals surface area contributed by atoms with Crippen LogP contribution in [0.3, 0.4) is 0 Å². The number of carbonyl (C=O) groups is 1. The molecule has 0 bridgehead atoms. The van der Waals surface area contributed by atoms with E-state index >= 15 is 0 Å². The highest BCUT2D eigenvalue weighted by Crippen LogP contribution is 2.32. The van der Waals surface area contributed by atoms with E-state index in [0.29, 0.717) is 41.7 Å². The Bertz CT molecular complexity index is 1310. The number of amides is 1. The molecule has 0 radical (unpaired) electrons. The number of aromatic nitrogens is 2. The number of halogens is 1. The van der Waals surface area contributed by atoms with E-state index in [9.17, 15) is 9.59 Å². The second kappa shape index (κ2) is 11.8. The molecule has 10 heteroatoms. The minimum atomic E-state index is -0.712. The molecular weight excluding hydrogens is 494 g/mol. The van der Waals surface area contributed by atoms with Gasteiger partial charge in [0.05, 0.1) is 22.9 Å². The average molecular weight is 526 g/mol. The van der Waals surface area contributed by atoms with E-state index in [1.165, 1.54) is 17.0 Å². The SMILES string of the molecule is CC(C)(Nc1nccn(-c2cc(C(=O)NC3CC3)ccc2Cl)c1=O)c1ccccc1OCCNCCO.